The molecule has 2 rings (SSSR count). The predicted octanol–water partition coefficient (Wildman–Crippen LogP) is 1.85. The minimum absolute atomic E-state index is 0.128. The zero-order valence-electron chi connectivity index (χ0n) is 14.4. The highest BCUT2D eigenvalue weighted by Crippen LogP contribution is 2.24. The molecule has 0 saturated carbocycles. The standard InChI is InChI=1S/C17H25FN2O3S/c1-4-5-14-10-20(24(3,22)23)11-16(14)19-17(21)9-13-6-7-15(18)8-12(13)2/h6-8,14,16H,4-5,9-11H2,1-3H3,(H,19,21)/t14-,16-/m0/s1. The lowest BCUT2D eigenvalue weighted by Crippen LogP contribution is -2.41. The molecule has 1 saturated heterocycles. The number of rotatable bonds is 6. The fourth-order valence-corrected chi connectivity index (χ4v) is 4.11. The van der Waals surface area contributed by atoms with Crippen LogP contribution in [0.25, 0.3) is 0 Å². The third-order valence-electron chi connectivity index (χ3n) is 4.54. The Hall–Kier alpha value is -1.47. The molecule has 0 bridgehead atoms. The zero-order valence-corrected chi connectivity index (χ0v) is 15.2. The summed E-state index contributed by atoms with van der Waals surface area (Å²) in [6.07, 6.45) is 3.17. The summed E-state index contributed by atoms with van der Waals surface area (Å²) in [6, 6.07) is 4.19. The van der Waals surface area contributed by atoms with Crippen molar-refractivity contribution in [3.63, 3.8) is 0 Å². The topological polar surface area (TPSA) is 66.5 Å². The van der Waals surface area contributed by atoms with Crippen LogP contribution in [0.4, 0.5) is 4.39 Å². The molecule has 0 aromatic heterocycles. The zero-order chi connectivity index (χ0) is 17.9. The molecule has 1 fully saturated rings. The van der Waals surface area contributed by atoms with Gasteiger partial charge >= 0.3 is 0 Å². The number of sulfonamides is 1. The monoisotopic (exact) mass is 356 g/mol. The molecule has 0 radical (unpaired) electrons. The SMILES string of the molecule is CCC[C@H]1CN(S(C)(=O)=O)C[C@@H]1NC(=O)Cc1ccc(F)cc1C. The maximum atomic E-state index is 13.1. The average Bonchev–Trinajstić information content (AvgIpc) is 2.85. The molecule has 1 aliphatic rings. The van der Waals surface area contributed by atoms with Crippen LogP contribution >= 0.6 is 0 Å². The fraction of sp³-hybridized carbons (Fsp3) is 0.588. The predicted molar refractivity (Wildman–Crippen MR) is 91.6 cm³/mol. The molecule has 0 aliphatic carbocycles. The molecule has 5 nitrogen and oxygen atoms in total. The van der Waals surface area contributed by atoms with E-state index in [1.54, 1.807) is 13.0 Å². The van der Waals surface area contributed by atoms with Crippen LogP contribution in [0.15, 0.2) is 18.2 Å². The third-order valence-corrected chi connectivity index (χ3v) is 5.77. The van der Waals surface area contributed by atoms with Crippen molar-refractivity contribution >= 4 is 15.9 Å². The number of nitrogens with one attached hydrogen (secondary N) is 1. The van der Waals surface area contributed by atoms with E-state index in [0.717, 1.165) is 24.0 Å². The molecule has 2 atom stereocenters. The van der Waals surface area contributed by atoms with Crippen LogP contribution in [-0.4, -0.2) is 44.0 Å². The summed E-state index contributed by atoms with van der Waals surface area (Å²) in [7, 11) is -3.25. The second-order valence-corrected chi connectivity index (χ2v) is 8.53. The van der Waals surface area contributed by atoms with Crippen molar-refractivity contribution in [1.29, 1.82) is 0 Å². The van der Waals surface area contributed by atoms with E-state index in [-0.39, 0.29) is 30.1 Å². The second kappa shape index (κ2) is 7.61. The number of carbonyl (C=O) groups excluding carboxylic acids is 1. The Morgan fingerprint density at radius 2 is 2.08 bits per heavy atom. The van der Waals surface area contributed by atoms with E-state index in [2.05, 4.69) is 5.32 Å². The van der Waals surface area contributed by atoms with E-state index in [4.69, 9.17) is 0 Å². The summed E-state index contributed by atoms with van der Waals surface area (Å²) in [5, 5.41) is 2.97. The van der Waals surface area contributed by atoms with Gasteiger partial charge in [0.15, 0.2) is 0 Å². The molecule has 1 aromatic rings. The second-order valence-electron chi connectivity index (χ2n) is 6.55. The van der Waals surface area contributed by atoms with Crippen molar-refractivity contribution in [3.05, 3.63) is 35.1 Å². The van der Waals surface area contributed by atoms with Crippen LogP contribution in [0.2, 0.25) is 0 Å². The number of carbonyl (C=O) groups is 1. The molecule has 1 aromatic carbocycles. The lowest BCUT2D eigenvalue weighted by atomic mass is 9.97. The number of hydrogen-bond acceptors (Lipinski definition) is 3. The Kier molecular flexibility index (Phi) is 5.98. The molecule has 1 amide bonds. The maximum Gasteiger partial charge on any atom is 0.224 e. The first-order valence-electron chi connectivity index (χ1n) is 8.20. The highest BCUT2D eigenvalue weighted by molar-refractivity contribution is 7.88. The van der Waals surface area contributed by atoms with Crippen LogP contribution in [0, 0.1) is 18.7 Å². The minimum Gasteiger partial charge on any atom is -0.351 e. The Labute approximate surface area is 143 Å². The highest BCUT2D eigenvalue weighted by atomic mass is 32.2. The molecular weight excluding hydrogens is 331 g/mol. The molecule has 0 unspecified atom stereocenters. The molecule has 1 heterocycles. The number of benzene rings is 1. The van der Waals surface area contributed by atoms with Gasteiger partial charge in [0.2, 0.25) is 15.9 Å². The first kappa shape index (κ1) is 18.9. The third kappa shape index (κ3) is 4.77. The van der Waals surface area contributed by atoms with Crippen molar-refractivity contribution < 1.29 is 17.6 Å². The van der Waals surface area contributed by atoms with Crippen LogP contribution in [0.3, 0.4) is 0 Å². The van der Waals surface area contributed by atoms with Crippen LogP contribution in [-0.2, 0) is 21.2 Å². The van der Waals surface area contributed by atoms with Crippen molar-refractivity contribution in [1.82, 2.24) is 9.62 Å². The van der Waals surface area contributed by atoms with Crippen molar-refractivity contribution in [3.8, 4) is 0 Å². The Morgan fingerprint density at radius 1 is 1.38 bits per heavy atom. The lowest BCUT2D eigenvalue weighted by Gasteiger charge is -2.19. The van der Waals surface area contributed by atoms with E-state index in [9.17, 15) is 17.6 Å². The van der Waals surface area contributed by atoms with Gasteiger partial charge < -0.3 is 5.32 Å². The number of hydrogen-bond donors (Lipinski definition) is 1. The Bertz CT molecular complexity index is 706. The quantitative estimate of drug-likeness (QED) is 0.846. The van der Waals surface area contributed by atoms with E-state index in [0.29, 0.717) is 13.1 Å². The van der Waals surface area contributed by atoms with Gasteiger partial charge in [0, 0.05) is 19.1 Å². The van der Waals surface area contributed by atoms with Gasteiger partial charge in [-0.2, -0.15) is 4.31 Å². The van der Waals surface area contributed by atoms with E-state index in [1.807, 2.05) is 6.92 Å². The van der Waals surface area contributed by atoms with Gasteiger partial charge in [-0.15, -0.1) is 0 Å². The van der Waals surface area contributed by atoms with Gasteiger partial charge in [-0.3, -0.25) is 4.79 Å². The largest absolute Gasteiger partial charge is 0.351 e. The van der Waals surface area contributed by atoms with Gasteiger partial charge in [0.1, 0.15) is 5.82 Å². The van der Waals surface area contributed by atoms with Crippen LogP contribution < -0.4 is 5.32 Å². The molecule has 0 spiro atoms. The van der Waals surface area contributed by atoms with Crippen molar-refractivity contribution in [2.45, 2.75) is 39.2 Å². The van der Waals surface area contributed by atoms with Crippen molar-refractivity contribution in [2.24, 2.45) is 5.92 Å². The minimum atomic E-state index is -3.25. The normalized spacial score (nSPS) is 21.8. The highest BCUT2D eigenvalue weighted by Gasteiger charge is 2.37. The molecule has 24 heavy (non-hydrogen) atoms. The number of aryl methyl sites for hydroxylation is 1. The smallest absolute Gasteiger partial charge is 0.224 e. The molecule has 7 heteroatoms. The number of nitrogens with zero attached hydrogens (tertiary/aromatic N) is 1. The van der Waals surface area contributed by atoms with Gasteiger partial charge in [-0.05, 0) is 42.5 Å². The fourth-order valence-electron chi connectivity index (χ4n) is 3.22. The summed E-state index contributed by atoms with van der Waals surface area (Å²) < 4.78 is 38.1. The van der Waals surface area contributed by atoms with E-state index >= 15 is 0 Å². The van der Waals surface area contributed by atoms with Crippen LogP contribution in [0.1, 0.15) is 30.9 Å². The van der Waals surface area contributed by atoms with E-state index in [1.165, 1.54) is 22.7 Å². The number of amides is 1. The molecule has 1 aliphatic heterocycles. The summed E-state index contributed by atoms with van der Waals surface area (Å²) in [5.41, 5.74) is 1.51. The van der Waals surface area contributed by atoms with E-state index < -0.39 is 10.0 Å². The first-order chi connectivity index (χ1) is 11.2. The average molecular weight is 356 g/mol. The summed E-state index contributed by atoms with van der Waals surface area (Å²) in [4.78, 5) is 12.3. The lowest BCUT2D eigenvalue weighted by molar-refractivity contribution is -0.121. The summed E-state index contributed by atoms with van der Waals surface area (Å²) >= 11 is 0. The van der Waals surface area contributed by atoms with Gasteiger partial charge in [0.25, 0.3) is 0 Å². The molecular formula is C17H25FN2O3S. The Morgan fingerprint density at radius 3 is 2.67 bits per heavy atom. The van der Waals surface area contributed by atoms with Gasteiger partial charge in [0.05, 0.1) is 12.7 Å². The Balaban J connectivity index is 2.03. The summed E-state index contributed by atoms with van der Waals surface area (Å²) in [5.74, 6) is -0.353. The van der Waals surface area contributed by atoms with Crippen molar-refractivity contribution in [2.75, 3.05) is 19.3 Å². The summed E-state index contributed by atoms with van der Waals surface area (Å²) in [6.45, 7) is 4.58. The molecule has 1 N–H and O–H groups in total. The van der Waals surface area contributed by atoms with Gasteiger partial charge in [-0.25, -0.2) is 12.8 Å². The maximum absolute atomic E-state index is 13.1. The molecule has 134 valence electrons. The number of halogens is 1. The van der Waals surface area contributed by atoms with Crippen LogP contribution in [0.5, 0.6) is 0 Å². The van der Waals surface area contributed by atoms with Gasteiger partial charge in [-0.1, -0.05) is 19.4 Å². The first-order valence-corrected chi connectivity index (χ1v) is 10.0.